The number of nitrogens with one attached hydrogen (secondary N) is 1. The lowest BCUT2D eigenvalue weighted by atomic mass is 10.1. The second-order valence-electron chi connectivity index (χ2n) is 4.38. The molecule has 0 aliphatic carbocycles. The quantitative estimate of drug-likeness (QED) is 0.647. The Hall–Kier alpha value is -1.00. The monoisotopic (exact) mass is 281 g/mol. The Bertz CT molecular complexity index is 343. The van der Waals surface area contributed by atoms with Crippen LogP contribution in [-0.4, -0.2) is 35.7 Å². The molecule has 1 rings (SSSR count). The number of amides is 1. The Morgan fingerprint density at radius 1 is 1.16 bits per heavy atom. The van der Waals surface area contributed by atoms with Crippen molar-refractivity contribution in [1.82, 2.24) is 5.32 Å². The van der Waals surface area contributed by atoms with Crippen LogP contribution in [0.25, 0.3) is 0 Å². The molecule has 2 N–H and O–H groups in total. The van der Waals surface area contributed by atoms with Gasteiger partial charge in [0.2, 0.25) is 5.91 Å². The molecule has 3 nitrogen and oxygen atoms in total. The Balaban J connectivity index is 1.96. The molecule has 0 aromatic heterocycles. The van der Waals surface area contributed by atoms with Crippen LogP contribution in [-0.2, 0) is 11.2 Å². The molecular weight excluding hydrogens is 258 g/mol. The fourth-order valence-electron chi connectivity index (χ4n) is 1.72. The average Bonchev–Trinajstić information content (AvgIpc) is 2.44. The summed E-state index contributed by atoms with van der Waals surface area (Å²) in [6.45, 7) is 0.971. The van der Waals surface area contributed by atoms with E-state index in [-0.39, 0.29) is 12.5 Å². The standard InChI is InChI=1S/C15H23NO2S/c17-11-5-12-19-13-10-16-15(18)9-4-8-14-6-2-1-3-7-14/h1-3,6-7,17H,4-5,8-13H2,(H,16,18). The van der Waals surface area contributed by atoms with E-state index in [9.17, 15) is 4.79 Å². The van der Waals surface area contributed by atoms with E-state index in [1.54, 1.807) is 11.8 Å². The lowest BCUT2D eigenvalue weighted by molar-refractivity contribution is -0.121. The van der Waals surface area contributed by atoms with E-state index in [4.69, 9.17) is 5.11 Å². The number of benzene rings is 1. The largest absolute Gasteiger partial charge is 0.396 e. The molecule has 0 bridgehead atoms. The van der Waals surface area contributed by atoms with E-state index < -0.39 is 0 Å². The molecule has 0 saturated carbocycles. The second kappa shape index (κ2) is 10.9. The van der Waals surface area contributed by atoms with Crippen molar-refractivity contribution in [2.75, 3.05) is 24.7 Å². The van der Waals surface area contributed by atoms with Crippen molar-refractivity contribution in [1.29, 1.82) is 0 Å². The van der Waals surface area contributed by atoms with Crippen molar-refractivity contribution in [3.63, 3.8) is 0 Å². The first-order valence-corrected chi connectivity index (χ1v) is 7.97. The molecule has 0 atom stereocenters. The number of aliphatic hydroxyl groups excluding tert-OH is 1. The number of carbonyl (C=O) groups is 1. The molecule has 0 heterocycles. The molecule has 0 unspecified atom stereocenters. The fraction of sp³-hybridized carbons (Fsp3) is 0.533. The molecule has 1 aromatic rings. The van der Waals surface area contributed by atoms with Gasteiger partial charge in [-0.25, -0.2) is 0 Å². The van der Waals surface area contributed by atoms with E-state index in [0.29, 0.717) is 6.42 Å². The number of carbonyl (C=O) groups excluding carboxylic acids is 1. The Morgan fingerprint density at radius 3 is 2.68 bits per heavy atom. The molecule has 0 saturated heterocycles. The van der Waals surface area contributed by atoms with Gasteiger partial charge in [-0.05, 0) is 30.6 Å². The number of thioether (sulfide) groups is 1. The fourth-order valence-corrected chi connectivity index (χ4v) is 2.50. The third-order valence-corrected chi connectivity index (χ3v) is 3.80. The molecule has 0 aliphatic heterocycles. The number of hydrogen-bond acceptors (Lipinski definition) is 3. The molecule has 19 heavy (non-hydrogen) atoms. The number of rotatable bonds is 10. The summed E-state index contributed by atoms with van der Waals surface area (Å²) in [5, 5.41) is 11.5. The molecule has 0 aliphatic rings. The van der Waals surface area contributed by atoms with Gasteiger partial charge in [0.15, 0.2) is 0 Å². The van der Waals surface area contributed by atoms with Gasteiger partial charge in [-0.1, -0.05) is 30.3 Å². The Morgan fingerprint density at radius 2 is 1.95 bits per heavy atom. The number of aryl methyl sites for hydroxylation is 1. The number of hydrogen-bond donors (Lipinski definition) is 2. The summed E-state index contributed by atoms with van der Waals surface area (Å²) in [5.74, 6) is 2.02. The van der Waals surface area contributed by atoms with Crippen LogP contribution < -0.4 is 5.32 Å². The van der Waals surface area contributed by atoms with Gasteiger partial charge in [0.25, 0.3) is 0 Å². The summed E-state index contributed by atoms with van der Waals surface area (Å²) in [4.78, 5) is 11.6. The first-order valence-electron chi connectivity index (χ1n) is 6.82. The Labute approximate surface area is 119 Å². The second-order valence-corrected chi connectivity index (χ2v) is 5.60. The summed E-state index contributed by atoms with van der Waals surface area (Å²) in [7, 11) is 0. The summed E-state index contributed by atoms with van der Waals surface area (Å²) < 4.78 is 0. The van der Waals surface area contributed by atoms with Gasteiger partial charge >= 0.3 is 0 Å². The third kappa shape index (κ3) is 8.67. The summed E-state index contributed by atoms with van der Waals surface area (Å²) in [5.41, 5.74) is 1.29. The zero-order valence-electron chi connectivity index (χ0n) is 11.3. The van der Waals surface area contributed by atoms with Gasteiger partial charge in [-0.2, -0.15) is 11.8 Å². The maximum atomic E-state index is 11.6. The van der Waals surface area contributed by atoms with E-state index in [1.165, 1.54) is 5.56 Å². The van der Waals surface area contributed by atoms with Crippen LogP contribution in [0.1, 0.15) is 24.8 Å². The Kier molecular flexibility index (Phi) is 9.19. The minimum absolute atomic E-state index is 0.138. The molecule has 0 spiro atoms. The van der Waals surface area contributed by atoms with Crippen molar-refractivity contribution in [2.24, 2.45) is 0 Å². The van der Waals surface area contributed by atoms with Crippen LogP contribution in [0, 0.1) is 0 Å². The molecule has 0 radical (unpaired) electrons. The van der Waals surface area contributed by atoms with Crippen LogP contribution in [0.2, 0.25) is 0 Å². The van der Waals surface area contributed by atoms with E-state index in [1.807, 2.05) is 18.2 Å². The van der Waals surface area contributed by atoms with Crippen molar-refractivity contribution in [3.05, 3.63) is 35.9 Å². The maximum absolute atomic E-state index is 11.6. The van der Waals surface area contributed by atoms with Gasteiger partial charge in [-0.15, -0.1) is 0 Å². The normalized spacial score (nSPS) is 10.4. The molecule has 1 amide bonds. The zero-order valence-corrected chi connectivity index (χ0v) is 12.1. The molecule has 4 heteroatoms. The predicted octanol–water partition coefficient (Wildman–Crippen LogP) is 2.24. The van der Waals surface area contributed by atoms with E-state index >= 15 is 0 Å². The first-order chi connectivity index (χ1) is 9.33. The first kappa shape index (κ1) is 16.1. The van der Waals surface area contributed by atoms with Crippen molar-refractivity contribution in [3.8, 4) is 0 Å². The van der Waals surface area contributed by atoms with Crippen molar-refractivity contribution < 1.29 is 9.90 Å². The maximum Gasteiger partial charge on any atom is 0.220 e. The smallest absolute Gasteiger partial charge is 0.220 e. The van der Waals surface area contributed by atoms with E-state index in [0.717, 1.165) is 37.3 Å². The average molecular weight is 281 g/mol. The minimum atomic E-state index is 0.138. The van der Waals surface area contributed by atoms with E-state index in [2.05, 4.69) is 17.4 Å². The predicted molar refractivity (Wildman–Crippen MR) is 81.4 cm³/mol. The highest BCUT2D eigenvalue weighted by Gasteiger charge is 2.00. The van der Waals surface area contributed by atoms with Crippen molar-refractivity contribution >= 4 is 17.7 Å². The van der Waals surface area contributed by atoms with Crippen LogP contribution in [0.4, 0.5) is 0 Å². The summed E-state index contributed by atoms with van der Waals surface area (Å²) in [6, 6.07) is 10.2. The summed E-state index contributed by atoms with van der Waals surface area (Å²) >= 11 is 1.77. The van der Waals surface area contributed by atoms with Crippen LogP contribution in [0.15, 0.2) is 30.3 Å². The molecule has 0 fully saturated rings. The number of aliphatic hydroxyl groups is 1. The van der Waals surface area contributed by atoms with Gasteiger partial charge in [-0.3, -0.25) is 4.79 Å². The lowest BCUT2D eigenvalue weighted by Gasteiger charge is -2.05. The highest BCUT2D eigenvalue weighted by atomic mass is 32.2. The van der Waals surface area contributed by atoms with Crippen LogP contribution in [0.3, 0.4) is 0 Å². The SMILES string of the molecule is O=C(CCCc1ccccc1)NCCSCCCO. The minimum Gasteiger partial charge on any atom is -0.396 e. The van der Waals surface area contributed by atoms with Crippen molar-refractivity contribution in [2.45, 2.75) is 25.7 Å². The van der Waals surface area contributed by atoms with Gasteiger partial charge < -0.3 is 10.4 Å². The molecule has 1 aromatic carbocycles. The summed E-state index contributed by atoms with van der Waals surface area (Å²) in [6.07, 6.45) is 3.28. The van der Waals surface area contributed by atoms with Crippen LogP contribution in [0.5, 0.6) is 0 Å². The van der Waals surface area contributed by atoms with Gasteiger partial charge in [0, 0.05) is 25.3 Å². The van der Waals surface area contributed by atoms with Gasteiger partial charge in [0.1, 0.15) is 0 Å². The topological polar surface area (TPSA) is 49.3 Å². The molecule has 106 valence electrons. The lowest BCUT2D eigenvalue weighted by Crippen LogP contribution is -2.25. The highest BCUT2D eigenvalue weighted by Crippen LogP contribution is 2.04. The third-order valence-electron chi connectivity index (χ3n) is 2.73. The highest BCUT2D eigenvalue weighted by molar-refractivity contribution is 7.99. The van der Waals surface area contributed by atoms with Gasteiger partial charge in [0.05, 0.1) is 0 Å². The zero-order chi connectivity index (χ0) is 13.8. The van der Waals surface area contributed by atoms with Crippen LogP contribution >= 0.6 is 11.8 Å². The molecular formula is C15H23NO2S.